The molecule has 0 saturated heterocycles. The number of carboxylic acids is 1. The monoisotopic (exact) mass is 297 g/mol. The summed E-state index contributed by atoms with van der Waals surface area (Å²) in [5, 5.41) is 12.6. The summed E-state index contributed by atoms with van der Waals surface area (Å²) in [6.45, 7) is 2.27. The number of hydrogen-bond acceptors (Lipinski definition) is 4. The first kappa shape index (κ1) is 15.0. The van der Waals surface area contributed by atoms with Crippen LogP contribution in [0.25, 0.3) is 0 Å². The molecule has 5 nitrogen and oxygen atoms in total. The summed E-state index contributed by atoms with van der Waals surface area (Å²) in [6, 6.07) is 6.02. The topological polar surface area (TPSA) is 83.5 Å². The maximum absolute atomic E-state index is 11.6. The Morgan fingerprint density at radius 1 is 1.35 bits per heavy atom. The SMILES string of the molecule is CC(NCC1CC1)(C(=O)O)c1ccc(S(C)(=O)=O)cc1. The van der Waals surface area contributed by atoms with Crippen LogP contribution in [-0.4, -0.2) is 32.3 Å². The zero-order chi connectivity index (χ0) is 15.0. The highest BCUT2D eigenvalue weighted by molar-refractivity contribution is 7.90. The van der Waals surface area contributed by atoms with E-state index in [9.17, 15) is 18.3 Å². The summed E-state index contributed by atoms with van der Waals surface area (Å²) in [5.41, 5.74) is -0.642. The van der Waals surface area contributed by atoms with E-state index in [1.807, 2.05) is 0 Å². The highest BCUT2D eigenvalue weighted by atomic mass is 32.2. The Morgan fingerprint density at radius 3 is 2.30 bits per heavy atom. The predicted octanol–water partition coefficient (Wildman–Crippen LogP) is 1.39. The lowest BCUT2D eigenvalue weighted by atomic mass is 9.92. The van der Waals surface area contributed by atoms with E-state index in [1.165, 1.54) is 12.1 Å². The van der Waals surface area contributed by atoms with Crippen molar-refractivity contribution in [2.75, 3.05) is 12.8 Å². The third-order valence-electron chi connectivity index (χ3n) is 3.73. The van der Waals surface area contributed by atoms with Gasteiger partial charge in [-0.15, -0.1) is 0 Å². The summed E-state index contributed by atoms with van der Waals surface area (Å²) in [6.07, 6.45) is 3.40. The molecular formula is C14H19NO4S. The maximum atomic E-state index is 11.6. The van der Waals surface area contributed by atoms with E-state index in [1.54, 1.807) is 19.1 Å². The molecule has 0 amide bonds. The van der Waals surface area contributed by atoms with Crippen LogP contribution in [0.5, 0.6) is 0 Å². The number of aliphatic carboxylic acids is 1. The molecule has 110 valence electrons. The van der Waals surface area contributed by atoms with Crippen LogP contribution in [0.4, 0.5) is 0 Å². The van der Waals surface area contributed by atoms with Crippen molar-refractivity contribution in [2.24, 2.45) is 5.92 Å². The van der Waals surface area contributed by atoms with E-state index in [0.29, 0.717) is 18.0 Å². The van der Waals surface area contributed by atoms with Gasteiger partial charge in [0.15, 0.2) is 9.84 Å². The van der Waals surface area contributed by atoms with Crippen LogP contribution < -0.4 is 5.32 Å². The molecule has 1 aromatic rings. The smallest absolute Gasteiger partial charge is 0.328 e. The van der Waals surface area contributed by atoms with Crippen molar-refractivity contribution in [3.05, 3.63) is 29.8 Å². The van der Waals surface area contributed by atoms with Crippen molar-refractivity contribution in [3.63, 3.8) is 0 Å². The third-order valence-corrected chi connectivity index (χ3v) is 4.86. The molecule has 20 heavy (non-hydrogen) atoms. The second-order valence-electron chi connectivity index (χ2n) is 5.55. The van der Waals surface area contributed by atoms with Crippen LogP contribution in [0, 0.1) is 5.92 Å². The van der Waals surface area contributed by atoms with Crippen molar-refractivity contribution in [1.82, 2.24) is 5.32 Å². The summed E-state index contributed by atoms with van der Waals surface area (Å²) in [7, 11) is -3.27. The number of nitrogens with one attached hydrogen (secondary N) is 1. The molecule has 2 rings (SSSR count). The number of carboxylic acid groups (broad SMARTS) is 1. The minimum atomic E-state index is -3.27. The Hall–Kier alpha value is -1.40. The molecule has 1 saturated carbocycles. The standard InChI is InChI=1S/C14H19NO4S/c1-14(13(16)17,15-9-10-3-4-10)11-5-7-12(8-6-11)20(2,18)19/h5-8,10,15H,3-4,9H2,1-2H3,(H,16,17). The average Bonchev–Trinajstić information content (AvgIpc) is 3.19. The Bertz CT molecular complexity index is 605. The first-order valence-corrected chi connectivity index (χ1v) is 8.41. The molecule has 0 bridgehead atoms. The number of hydrogen-bond donors (Lipinski definition) is 2. The summed E-state index contributed by atoms with van der Waals surface area (Å²) < 4.78 is 22.8. The van der Waals surface area contributed by atoms with Crippen molar-refractivity contribution < 1.29 is 18.3 Å². The van der Waals surface area contributed by atoms with Gasteiger partial charge in [0.1, 0.15) is 5.54 Å². The molecule has 1 unspecified atom stereocenters. The Kier molecular flexibility index (Phi) is 3.88. The molecule has 0 heterocycles. The van der Waals surface area contributed by atoms with Crippen LogP contribution >= 0.6 is 0 Å². The van der Waals surface area contributed by atoms with Crippen LogP contribution in [0.2, 0.25) is 0 Å². The first-order chi connectivity index (χ1) is 9.23. The van der Waals surface area contributed by atoms with E-state index in [0.717, 1.165) is 19.1 Å². The Balaban J connectivity index is 2.26. The van der Waals surface area contributed by atoms with Gasteiger partial charge in [-0.3, -0.25) is 5.32 Å². The molecule has 0 spiro atoms. The molecule has 1 fully saturated rings. The average molecular weight is 297 g/mol. The number of sulfone groups is 1. The van der Waals surface area contributed by atoms with Crippen molar-refractivity contribution >= 4 is 15.8 Å². The number of benzene rings is 1. The predicted molar refractivity (Wildman–Crippen MR) is 75.3 cm³/mol. The minimum Gasteiger partial charge on any atom is -0.480 e. The van der Waals surface area contributed by atoms with Gasteiger partial charge < -0.3 is 5.11 Å². The fraction of sp³-hybridized carbons (Fsp3) is 0.500. The van der Waals surface area contributed by atoms with Crippen LogP contribution in [0.1, 0.15) is 25.3 Å². The number of carbonyl (C=O) groups is 1. The van der Waals surface area contributed by atoms with Crippen LogP contribution in [-0.2, 0) is 20.2 Å². The van der Waals surface area contributed by atoms with Gasteiger partial charge in [-0.05, 0) is 49.9 Å². The summed E-state index contributed by atoms with van der Waals surface area (Å²) >= 11 is 0. The van der Waals surface area contributed by atoms with Crippen molar-refractivity contribution in [1.29, 1.82) is 0 Å². The third kappa shape index (κ3) is 3.19. The lowest BCUT2D eigenvalue weighted by molar-refractivity contribution is -0.144. The van der Waals surface area contributed by atoms with E-state index in [-0.39, 0.29) is 4.90 Å². The van der Waals surface area contributed by atoms with Gasteiger partial charge in [-0.25, -0.2) is 13.2 Å². The molecule has 0 aromatic heterocycles. The molecule has 0 radical (unpaired) electrons. The van der Waals surface area contributed by atoms with Crippen molar-refractivity contribution in [3.8, 4) is 0 Å². The molecule has 0 aliphatic heterocycles. The normalized spacial score (nSPS) is 18.5. The second kappa shape index (κ2) is 5.18. The first-order valence-electron chi connectivity index (χ1n) is 6.52. The molecule has 6 heteroatoms. The van der Waals surface area contributed by atoms with Gasteiger partial charge in [-0.1, -0.05) is 12.1 Å². The number of rotatable bonds is 6. The van der Waals surface area contributed by atoms with Gasteiger partial charge in [0, 0.05) is 6.26 Å². The molecule has 1 aromatic carbocycles. The van der Waals surface area contributed by atoms with E-state index in [2.05, 4.69) is 5.32 Å². The quantitative estimate of drug-likeness (QED) is 0.829. The fourth-order valence-electron chi connectivity index (χ4n) is 2.01. The van der Waals surface area contributed by atoms with Gasteiger partial charge in [0.2, 0.25) is 0 Å². The van der Waals surface area contributed by atoms with Gasteiger partial charge in [0.05, 0.1) is 4.90 Å². The van der Waals surface area contributed by atoms with E-state index >= 15 is 0 Å². The summed E-state index contributed by atoms with van der Waals surface area (Å²) in [5.74, 6) is -0.408. The lowest BCUT2D eigenvalue weighted by Gasteiger charge is -2.27. The van der Waals surface area contributed by atoms with Gasteiger partial charge in [0.25, 0.3) is 0 Å². The molecule has 1 aliphatic carbocycles. The fourth-order valence-corrected chi connectivity index (χ4v) is 2.64. The second-order valence-corrected chi connectivity index (χ2v) is 7.57. The zero-order valence-corrected chi connectivity index (χ0v) is 12.4. The van der Waals surface area contributed by atoms with Crippen LogP contribution in [0.3, 0.4) is 0 Å². The van der Waals surface area contributed by atoms with E-state index in [4.69, 9.17) is 0 Å². The van der Waals surface area contributed by atoms with Gasteiger partial charge in [-0.2, -0.15) is 0 Å². The summed E-state index contributed by atoms with van der Waals surface area (Å²) in [4.78, 5) is 11.7. The zero-order valence-electron chi connectivity index (χ0n) is 11.6. The molecule has 2 N–H and O–H groups in total. The largest absolute Gasteiger partial charge is 0.480 e. The molecular weight excluding hydrogens is 278 g/mol. The van der Waals surface area contributed by atoms with E-state index < -0.39 is 21.3 Å². The van der Waals surface area contributed by atoms with Crippen LogP contribution in [0.15, 0.2) is 29.2 Å². The minimum absolute atomic E-state index is 0.191. The highest BCUT2D eigenvalue weighted by Gasteiger charge is 2.36. The lowest BCUT2D eigenvalue weighted by Crippen LogP contribution is -2.47. The van der Waals surface area contributed by atoms with Gasteiger partial charge >= 0.3 is 5.97 Å². The maximum Gasteiger partial charge on any atom is 0.328 e. The van der Waals surface area contributed by atoms with Crippen molar-refractivity contribution in [2.45, 2.75) is 30.2 Å². The Labute approximate surface area is 118 Å². The molecule has 1 aliphatic rings. The highest BCUT2D eigenvalue weighted by Crippen LogP contribution is 2.30. The molecule has 1 atom stereocenters. The Morgan fingerprint density at radius 2 is 1.90 bits per heavy atom.